The van der Waals surface area contributed by atoms with E-state index < -0.39 is 5.60 Å². The van der Waals surface area contributed by atoms with Gasteiger partial charge in [0.05, 0.1) is 5.60 Å². The Bertz CT molecular complexity index is 803. The van der Waals surface area contributed by atoms with Gasteiger partial charge < -0.3 is 10.2 Å². The molecule has 3 heteroatoms. The van der Waals surface area contributed by atoms with Crippen molar-refractivity contribution in [3.05, 3.63) is 36.0 Å². The summed E-state index contributed by atoms with van der Waals surface area (Å²) >= 11 is 0. The third-order valence-electron chi connectivity index (χ3n) is 10.1. The molecule has 0 saturated heterocycles. The summed E-state index contributed by atoms with van der Waals surface area (Å²) in [5.74, 6) is 2.74. The van der Waals surface area contributed by atoms with Crippen molar-refractivity contribution in [1.29, 1.82) is 0 Å². The molecule has 3 fully saturated rings. The first-order valence-electron chi connectivity index (χ1n) is 12.5. The molecule has 3 saturated carbocycles. The van der Waals surface area contributed by atoms with E-state index >= 15 is 0 Å². The van der Waals surface area contributed by atoms with Gasteiger partial charge in [0.15, 0.2) is 5.78 Å². The van der Waals surface area contributed by atoms with Crippen LogP contribution in [0, 0.1) is 46.3 Å². The van der Waals surface area contributed by atoms with Gasteiger partial charge in [0.2, 0.25) is 0 Å². The van der Waals surface area contributed by atoms with Crippen molar-refractivity contribution in [3.63, 3.8) is 0 Å². The van der Waals surface area contributed by atoms with Crippen molar-refractivity contribution in [2.45, 2.75) is 78.7 Å². The average molecular weight is 427 g/mol. The van der Waals surface area contributed by atoms with Gasteiger partial charge in [-0.3, -0.25) is 4.79 Å². The van der Waals surface area contributed by atoms with E-state index in [-0.39, 0.29) is 29.1 Å². The van der Waals surface area contributed by atoms with Crippen molar-refractivity contribution in [2.75, 3.05) is 6.61 Å². The highest BCUT2D eigenvalue weighted by Gasteiger charge is 2.62. The van der Waals surface area contributed by atoms with Gasteiger partial charge in [0.1, 0.15) is 0 Å². The molecule has 4 unspecified atom stereocenters. The van der Waals surface area contributed by atoms with Gasteiger partial charge in [-0.1, -0.05) is 51.5 Å². The van der Waals surface area contributed by atoms with Crippen LogP contribution in [0.2, 0.25) is 0 Å². The zero-order valence-corrected chi connectivity index (χ0v) is 20.1. The normalized spacial score (nSPS) is 42.7. The van der Waals surface area contributed by atoms with Crippen LogP contribution in [0.4, 0.5) is 0 Å². The van der Waals surface area contributed by atoms with Crippen LogP contribution in [0.1, 0.15) is 73.1 Å². The van der Waals surface area contributed by atoms with Crippen LogP contribution in [0.15, 0.2) is 36.0 Å². The van der Waals surface area contributed by atoms with Crippen molar-refractivity contribution in [2.24, 2.45) is 46.3 Å². The number of hydrogen-bond acceptors (Lipinski definition) is 3. The van der Waals surface area contributed by atoms with Gasteiger partial charge in [-0.05, 0) is 93.1 Å². The molecule has 4 rings (SSSR count). The van der Waals surface area contributed by atoms with Crippen LogP contribution in [-0.4, -0.2) is 28.2 Å². The molecule has 0 radical (unpaired) electrons. The fraction of sp³-hybridized carbons (Fsp3) is 0.750. The van der Waals surface area contributed by atoms with Crippen LogP contribution in [-0.2, 0) is 4.79 Å². The molecule has 4 aliphatic rings. The number of fused-ring (bicyclic) bond motifs is 5. The highest BCUT2D eigenvalue weighted by molar-refractivity contribution is 6.01. The first-order chi connectivity index (χ1) is 14.5. The molecule has 2 N–H and O–H groups in total. The average Bonchev–Trinajstić information content (AvgIpc) is 3.13. The lowest BCUT2D eigenvalue weighted by Gasteiger charge is -2.58. The molecule has 0 aromatic heterocycles. The maximum Gasteiger partial charge on any atom is 0.178 e. The molecule has 3 nitrogen and oxygen atoms in total. The molecule has 31 heavy (non-hydrogen) atoms. The molecule has 0 aromatic rings. The molecule has 172 valence electrons. The number of aliphatic hydroxyl groups is 2. The molecular weight excluding hydrogens is 384 g/mol. The number of allylic oxidation sites excluding steroid dienone is 5. The first kappa shape index (κ1) is 23.0. The van der Waals surface area contributed by atoms with E-state index in [1.54, 1.807) is 6.08 Å². The zero-order chi connectivity index (χ0) is 22.6. The number of carbonyl (C=O) groups excluding carboxylic acids is 1. The minimum absolute atomic E-state index is 0.0222. The van der Waals surface area contributed by atoms with E-state index in [4.69, 9.17) is 0 Å². The Kier molecular flexibility index (Phi) is 5.92. The van der Waals surface area contributed by atoms with Gasteiger partial charge >= 0.3 is 0 Å². The third-order valence-corrected chi connectivity index (χ3v) is 10.1. The summed E-state index contributed by atoms with van der Waals surface area (Å²) in [7, 11) is 0. The quantitative estimate of drug-likeness (QED) is 0.572. The summed E-state index contributed by atoms with van der Waals surface area (Å²) in [6.45, 7) is 11.1. The SMILES string of the molecule is CC(C)C(C)/C=C/[C@](C)(O)[C@H]1CCC2C3CCC4=CC(=O)C=C[C@]4(C)C3CC[C@@]21CO. The van der Waals surface area contributed by atoms with E-state index in [0.29, 0.717) is 29.6 Å². The van der Waals surface area contributed by atoms with Crippen LogP contribution in [0.3, 0.4) is 0 Å². The van der Waals surface area contributed by atoms with Crippen LogP contribution in [0.5, 0.6) is 0 Å². The largest absolute Gasteiger partial charge is 0.396 e. The molecular formula is C28H42O3. The summed E-state index contributed by atoms with van der Waals surface area (Å²) in [6.07, 6.45) is 16.2. The molecule has 0 heterocycles. The predicted octanol–water partition coefficient (Wildman–Crippen LogP) is 5.48. The zero-order valence-electron chi connectivity index (χ0n) is 20.1. The summed E-state index contributed by atoms with van der Waals surface area (Å²) < 4.78 is 0. The van der Waals surface area contributed by atoms with Crippen LogP contribution < -0.4 is 0 Å². The fourth-order valence-corrected chi connectivity index (χ4v) is 7.87. The number of aliphatic hydroxyl groups excluding tert-OH is 1. The molecule has 0 aliphatic heterocycles. The third kappa shape index (κ3) is 3.60. The highest BCUT2D eigenvalue weighted by Crippen LogP contribution is 2.67. The second-order valence-corrected chi connectivity index (χ2v) is 11.9. The topological polar surface area (TPSA) is 57.5 Å². The summed E-state index contributed by atoms with van der Waals surface area (Å²) in [5.41, 5.74) is 0.201. The lowest BCUT2D eigenvalue weighted by atomic mass is 9.47. The molecule has 0 spiro atoms. The minimum Gasteiger partial charge on any atom is -0.396 e. The van der Waals surface area contributed by atoms with Crippen molar-refractivity contribution in [1.82, 2.24) is 0 Å². The van der Waals surface area contributed by atoms with Gasteiger partial charge in [-0.15, -0.1) is 0 Å². The van der Waals surface area contributed by atoms with E-state index in [2.05, 4.69) is 39.8 Å². The molecule has 0 bridgehead atoms. The monoisotopic (exact) mass is 426 g/mol. The number of ketones is 1. The molecule has 0 aromatic carbocycles. The van der Waals surface area contributed by atoms with Gasteiger partial charge in [-0.2, -0.15) is 0 Å². The number of carbonyl (C=O) groups is 1. The minimum atomic E-state index is -0.895. The second-order valence-electron chi connectivity index (χ2n) is 11.9. The van der Waals surface area contributed by atoms with E-state index in [1.165, 1.54) is 5.57 Å². The second kappa shape index (κ2) is 7.99. The lowest BCUT2D eigenvalue weighted by Crippen LogP contribution is -2.54. The summed E-state index contributed by atoms with van der Waals surface area (Å²) in [6, 6.07) is 0. The Balaban J connectivity index is 1.62. The molecule has 0 amide bonds. The Morgan fingerprint density at radius 1 is 1.19 bits per heavy atom. The van der Waals surface area contributed by atoms with E-state index in [9.17, 15) is 15.0 Å². The summed E-state index contributed by atoms with van der Waals surface area (Å²) in [4.78, 5) is 12.0. The van der Waals surface area contributed by atoms with Gasteiger partial charge in [0, 0.05) is 17.4 Å². The Morgan fingerprint density at radius 3 is 2.61 bits per heavy atom. The predicted molar refractivity (Wildman–Crippen MR) is 125 cm³/mol. The number of hydrogen-bond donors (Lipinski definition) is 2. The van der Waals surface area contributed by atoms with Crippen LogP contribution in [0.25, 0.3) is 0 Å². The maximum absolute atomic E-state index is 12.0. The Morgan fingerprint density at radius 2 is 1.94 bits per heavy atom. The van der Waals surface area contributed by atoms with Gasteiger partial charge in [-0.25, -0.2) is 0 Å². The standard InChI is InChI=1S/C28H42O3/c1-18(2)19(3)10-14-27(5,31)25-9-8-24-22-7-6-20-16-21(30)11-13-26(20,4)23(22)12-15-28(24,25)17-29/h10-11,13-14,16,18-19,22-25,29,31H,6-9,12,15,17H2,1-5H3/b14-10+/t19?,22?,23?,24?,25-,26+,27+,28-/m1/s1. The van der Waals surface area contributed by atoms with Crippen LogP contribution >= 0.6 is 0 Å². The smallest absolute Gasteiger partial charge is 0.178 e. The van der Waals surface area contributed by atoms with Crippen molar-refractivity contribution >= 4 is 5.78 Å². The molecule has 4 aliphatic carbocycles. The number of rotatable bonds is 5. The van der Waals surface area contributed by atoms with E-state index in [1.807, 2.05) is 19.1 Å². The summed E-state index contributed by atoms with van der Waals surface area (Å²) in [5, 5.41) is 22.4. The molecule has 8 atom stereocenters. The fourth-order valence-electron chi connectivity index (χ4n) is 7.87. The van der Waals surface area contributed by atoms with Crippen molar-refractivity contribution < 1.29 is 15.0 Å². The highest BCUT2D eigenvalue weighted by atomic mass is 16.3. The lowest BCUT2D eigenvalue weighted by molar-refractivity contribution is -0.115. The van der Waals surface area contributed by atoms with Crippen molar-refractivity contribution in [3.8, 4) is 0 Å². The first-order valence-corrected chi connectivity index (χ1v) is 12.5. The van der Waals surface area contributed by atoms with E-state index in [0.717, 1.165) is 38.5 Å². The Labute approximate surface area is 188 Å². The van der Waals surface area contributed by atoms with Gasteiger partial charge in [0.25, 0.3) is 0 Å². The Hall–Kier alpha value is -1.19. The maximum atomic E-state index is 12.0.